The molecule has 4 atom stereocenters. The number of hydrogen-bond donors (Lipinski definition) is 0. The van der Waals surface area contributed by atoms with Gasteiger partial charge in [-0.25, -0.2) is 4.79 Å². The number of hydrogen-bond acceptors (Lipinski definition) is 4. The van der Waals surface area contributed by atoms with Gasteiger partial charge in [-0.05, 0) is 31.6 Å². The van der Waals surface area contributed by atoms with E-state index in [-0.39, 0.29) is 23.9 Å². The van der Waals surface area contributed by atoms with Crippen LogP contribution in [-0.2, 0) is 19.1 Å². The van der Waals surface area contributed by atoms with E-state index in [2.05, 4.69) is 13.5 Å². The van der Waals surface area contributed by atoms with Crippen LogP contribution in [0.3, 0.4) is 0 Å². The molecule has 0 saturated heterocycles. The van der Waals surface area contributed by atoms with E-state index in [1.54, 1.807) is 14.0 Å². The van der Waals surface area contributed by atoms with Gasteiger partial charge < -0.3 is 14.3 Å². The third-order valence-electron chi connectivity index (χ3n) is 3.62. The Bertz CT molecular complexity index is 324. The maximum Gasteiger partial charge on any atom is 0.333 e. The van der Waals surface area contributed by atoms with Crippen molar-refractivity contribution in [2.24, 2.45) is 17.8 Å². The van der Waals surface area contributed by atoms with Crippen LogP contribution < -0.4 is 0 Å². The molecule has 4 heteroatoms. The normalized spacial score (nSPS) is 28.7. The summed E-state index contributed by atoms with van der Waals surface area (Å²) in [6, 6.07) is 0. The minimum atomic E-state index is -0.390. The van der Waals surface area contributed by atoms with Crippen molar-refractivity contribution in [2.75, 3.05) is 13.7 Å². The van der Waals surface area contributed by atoms with Crippen LogP contribution in [-0.4, -0.2) is 32.1 Å². The zero-order chi connectivity index (χ0) is 13.7. The minimum Gasteiger partial charge on any atom is -0.456 e. The van der Waals surface area contributed by atoms with Gasteiger partial charge in [-0.2, -0.15) is 0 Å². The molecule has 0 aromatic carbocycles. The Kier molecular flexibility index (Phi) is 5.54. The summed E-state index contributed by atoms with van der Waals surface area (Å²) in [7, 11) is 1.58. The predicted molar refractivity (Wildman–Crippen MR) is 68.0 cm³/mol. The first kappa shape index (κ1) is 14.9. The molecule has 0 radical (unpaired) electrons. The molecule has 4 unspecified atom stereocenters. The SMILES string of the molecule is C=C(C)C(=O)OC(COC)C1CC(C)C(C=O)C1. The van der Waals surface area contributed by atoms with Gasteiger partial charge in [-0.1, -0.05) is 13.5 Å². The number of aldehydes is 1. The van der Waals surface area contributed by atoms with Crippen LogP contribution in [0, 0.1) is 17.8 Å². The number of methoxy groups -OCH3 is 1. The molecule has 1 rings (SSSR count). The zero-order valence-corrected chi connectivity index (χ0v) is 11.3. The first-order chi connectivity index (χ1) is 8.49. The molecule has 0 aromatic rings. The van der Waals surface area contributed by atoms with Crippen LogP contribution in [0.1, 0.15) is 26.7 Å². The first-order valence-electron chi connectivity index (χ1n) is 6.30. The highest BCUT2D eigenvalue weighted by Gasteiger charge is 2.37. The second kappa shape index (κ2) is 6.69. The Labute approximate surface area is 108 Å². The Morgan fingerprint density at radius 2 is 2.17 bits per heavy atom. The molecule has 4 nitrogen and oxygen atoms in total. The van der Waals surface area contributed by atoms with Crippen molar-refractivity contribution < 1.29 is 19.1 Å². The quantitative estimate of drug-likeness (QED) is 0.413. The Hall–Kier alpha value is -1.16. The van der Waals surface area contributed by atoms with E-state index in [1.165, 1.54) is 0 Å². The summed E-state index contributed by atoms with van der Waals surface area (Å²) in [4.78, 5) is 22.5. The van der Waals surface area contributed by atoms with Crippen LogP contribution in [0.25, 0.3) is 0 Å². The van der Waals surface area contributed by atoms with Gasteiger partial charge in [-0.15, -0.1) is 0 Å². The van der Waals surface area contributed by atoms with E-state index in [0.29, 0.717) is 18.1 Å². The average molecular weight is 254 g/mol. The lowest BCUT2D eigenvalue weighted by molar-refractivity contribution is -0.150. The van der Waals surface area contributed by atoms with Gasteiger partial charge in [0, 0.05) is 18.6 Å². The lowest BCUT2D eigenvalue weighted by Crippen LogP contribution is -2.30. The first-order valence-corrected chi connectivity index (χ1v) is 6.30. The Morgan fingerprint density at radius 3 is 2.61 bits per heavy atom. The summed E-state index contributed by atoms with van der Waals surface area (Å²) in [5, 5.41) is 0. The number of ether oxygens (including phenoxy) is 2. The Balaban J connectivity index is 2.65. The molecule has 1 fully saturated rings. The molecular weight excluding hydrogens is 232 g/mol. The van der Waals surface area contributed by atoms with Gasteiger partial charge >= 0.3 is 5.97 Å². The van der Waals surface area contributed by atoms with Crippen molar-refractivity contribution in [1.82, 2.24) is 0 Å². The van der Waals surface area contributed by atoms with Crippen molar-refractivity contribution >= 4 is 12.3 Å². The number of carbonyl (C=O) groups is 2. The molecule has 0 amide bonds. The molecule has 1 aliphatic rings. The lowest BCUT2D eigenvalue weighted by atomic mass is 9.99. The van der Waals surface area contributed by atoms with Gasteiger partial charge in [-0.3, -0.25) is 0 Å². The highest BCUT2D eigenvalue weighted by Crippen LogP contribution is 2.38. The highest BCUT2D eigenvalue weighted by molar-refractivity contribution is 5.87. The molecule has 1 saturated carbocycles. The fourth-order valence-electron chi connectivity index (χ4n) is 2.49. The maximum absolute atomic E-state index is 11.6. The molecule has 0 aliphatic heterocycles. The standard InChI is InChI=1S/C14H22O4/c1-9(2)14(16)18-13(8-17-4)11-5-10(3)12(6-11)7-15/h7,10-13H,1,5-6,8H2,2-4H3. The van der Waals surface area contributed by atoms with Crippen molar-refractivity contribution in [2.45, 2.75) is 32.8 Å². The van der Waals surface area contributed by atoms with Crippen LogP contribution in [0.4, 0.5) is 0 Å². The topological polar surface area (TPSA) is 52.6 Å². The van der Waals surface area contributed by atoms with Gasteiger partial charge in [0.1, 0.15) is 12.4 Å². The van der Waals surface area contributed by atoms with E-state index in [9.17, 15) is 9.59 Å². The van der Waals surface area contributed by atoms with Crippen molar-refractivity contribution in [3.63, 3.8) is 0 Å². The highest BCUT2D eigenvalue weighted by atomic mass is 16.6. The fraction of sp³-hybridized carbons (Fsp3) is 0.714. The molecule has 0 bridgehead atoms. The summed E-state index contributed by atoms with van der Waals surface area (Å²) < 4.78 is 10.5. The van der Waals surface area contributed by atoms with Crippen LogP contribution in [0.5, 0.6) is 0 Å². The zero-order valence-electron chi connectivity index (χ0n) is 11.3. The molecule has 0 aromatic heterocycles. The average Bonchev–Trinajstić information content (AvgIpc) is 2.69. The van der Waals surface area contributed by atoms with E-state index in [4.69, 9.17) is 9.47 Å². The monoisotopic (exact) mass is 254 g/mol. The molecule has 0 spiro atoms. The van der Waals surface area contributed by atoms with E-state index in [1.807, 2.05) is 0 Å². The van der Waals surface area contributed by atoms with Crippen LogP contribution >= 0.6 is 0 Å². The van der Waals surface area contributed by atoms with Crippen molar-refractivity contribution in [3.8, 4) is 0 Å². The molecule has 102 valence electrons. The summed E-state index contributed by atoms with van der Waals surface area (Å²) in [5.74, 6) is 0.214. The summed E-state index contributed by atoms with van der Waals surface area (Å²) in [6.45, 7) is 7.61. The molecule has 0 N–H and O–H groups in total. The number of rotatable bonds is 6. The van der Waals surface area contributed by atoms with Gasteiger partial charge in [0.25, 0.3) is 0 Å². The molecule has 0 heterocycles. The third-order valence-corrected chi connectivity index (χ3v) is 3.62. The second-order valence-electron chi connectivity index (χ2n) is 5.19. The summed E-state index contributed by atoms with van der Waals surface area (Å²) in [5.41, 5.74) is 0.383. The summed E-state index contributed by atoms with van der Waals surface area (Å²) in [6.07, 6.45) is 2.38. The maximum atomic E-state index is 11.6. The predicted octanol–water partition coefficient (Wildman–Crippen LogP) is 1.98. The van der Waals surface area contributed by atoms with Gasteiger partial charge in [0.15, 0.2) is 0 Å². The molecule has 18 heavy (non-hydrogen) atoms. The smallest absolute Gasteiger partial charge is 0.333 e. The van der Waals surface area contributed by atoms with Crippen LogP contribution in [0.15, 0.2) is 12.2 Å². The van der Waals surface area contributed by atoms with Gasteiger partial charge in [0.2, 0.25) is 0 Å². The third kappa shape index (κ3) is 3.67. The molecular formula is C14H22O4. The van der Waals surface area contributed by atoms with E-state index >= 15 is 0 Å². The lowest BCUT2D eigenvalue weighted by Gasteiger charge is -2.23. The van der Waals surface area contributed by atoms with E-state index < -0.39 is 0 Å². The number of esters is 1. The van der Waals surface area contributed by atoms with Crippen molar-refractivity contribution in [3.05, 3.63) is 12.2 Å². The van der Waals surface area contributed by atoms with Crippen molar-refractivity contribution in [1.29, 1.82) is 0 Å². The van der Waals surface area contributed by atoms with Crippen LogP contribution in [0.2, 0.25) is 0 Å². The molecule has 1 aliphatic carbocycles. The number of carbonyl (C=O) groups excluding carboxylic acids is 2. The Morgan fingerprint density at radius 1 is 1.50 bits per heavy atom. The summed E-state index contributed by atoms with van der Waals surface area (Å²) >= 11 is 0. The largest absolute Gasteiger partial charge is 0.456 e. The fourth-order valence-corrected chi connectivity index (χ4v) is 2.49. The minimum absolute atomic E-state index is 0.0675. The second-order valence-corrected chi connectivity index (χ2v) is 5.19. The van der Waals surface area contributed by atoms with E-state index in [0.717, 1.165) is 19.1 Å². The van der Waals surface area contributed by atoms with Gasteiger partial charge in [0.05, 0.1) is 6.61 Å².